The van der Waals surface area contributed by atoms with Crippen LogP contribution in [0.4, 0.5) is 0 Å². The van der Waals surface area contributed by atoms with E-state index in [0.29, 0.717) is 6.04 Å². The van der Waals surface area contributed by atoms with Crippen LogP contribution in [0.3, 0.4) is 0 Å². The predicted octanol–water partition coefficient (Wildman–Crippen LogP) is 3.77. The van der Waals surface area contributed by atoms with Crippen LogP contribution >= 0.6 is 11.5 Å². The molecule has 1 aliphatic carbocycles. The highest BCUT2D eigenvalue weighted by Gasteiger charge is 2.36. The van der Waals surface area contributed by atoms with Crippen LogP contribution in [-0.2, 0) is 12.8 Å². The fraction of sp³-hybridized carbons (Fsp3) is 0.316. The van der Waals surface area contributed by atoms with E-state index in [2.05, 4.69) is 22.4 Å². The van der Waals surface area contributed by atoms with Gasteiger partial charge in [0.05, 0.1) is 10.4 Å². The van der Waals surface area contributed by atoms with Crippen molar-refractivity contribution in [2.45, 2.75) is 25.8 Å². The fourth-order valence-corrected chi connectivity index (χ4v) is 5.28. The topological polar surface area (TPSA) is 56.6 Å². The van der Waals surface area contributed by atoms with Gasteiger partial charge in [0.15, 0.2) is 11.5 Å². The van der Waals surface area contributed by atoms with Crippen molar-refractivity contribution in [1.82, 2.24) is 9.27 Å². The number of benzene rings is 2. The van der Waals surface area contributed by atoms with Crippen molar-refractivity contribution in [3.63, 3.8) is 0 Å². The van der Waals surface area contributed by atoms with E-state index in [-0.39, 0.29) is 11.5 Å². The van der Waals surface area contributed by atoms with Crippen LogP contribution < -0.4 is 0 Å². The second-order valence-corrected chi connectivity index (χ2v) is 7.65. The monoisotopic (exact) mass is 338 g/mol. The fourth-order valence-electron chi connectivity index (χ4n) is 4.33. The van der Waals surface area contributed by atoms with E-state index < -0.39 is 0 Å². The number of aryl methyl sites for hydroxylation is 1. The summed E-state index contributed by atoms with van der Waals surface area (Å²) in [6, 6.07) is 6.03. The zero-order chi connectivity index (χ0) is 16.6. The Morgan fingerprint density at radius 2 is 2.12 bits per heavy atom. The molecule has 2 aliphatic rings. The first-order chi connectivity index (χ1) is 11.6. The lowest BCUT2D eigenvalue weighted by Gasteiger charge is -2.40. The Morgan fingerprint density at radius 3 is 2.96 bits per heavy atom. The molecule has 2 aromatic carbocycles. The smallest absolute Gasteiger partial charge is 0.165 e. The third-order valence-electron chi connectivity index (χ3n) is 5.59. The Labute approximate surface area is 144 Å². The third kappa shape index (κ3) is 1.69. The van der Waals surface area contributed by atoms with Gasteiger partial charge in [-0.05, 0) is 72.7 Å². The number of aromatic nitrogens is 1. The van der Waals surface area contributed by atoms with Gasteiger partial charge >= 0.3 is 0 Å². The normalized spacial score (nSPS) is 19.3. The van der Waals surface area contributed by atoms with Gasteiger partial charge in [0.1, 0.15) is 0 Å². The third-order valence-corrected chi connectivity index (χ3v) is 6.61. The van der Waals surface area contributed by atoms with Gasteiger partial charge in [-0.15, -0.1) is 0 Å². The van der Waals surface area contributed by atoms with Crippen LogP contribution in [0.2, 0.25) is 0 Å². The Balaban J connectivity index is 1.95. The maximum atomic E-state index is 10.5. The van der Waals surface area contributed by atoms with Gasteiger partial charge in [0.25, 0.3) is 0 Å². The zero-order valence-corrected chi connectivity index (χ0v) is 14.4. The summed E-state index contributed by atoms with van der Waals surface area (Å²) in [6.07, 6.45) is 1.87. The van der Waals surface area contributed by atoms with Gasteiger partial charge in [-0.1, -0.05) is 6.07 Å². The number of phenols is 2. The molecular formula is C19H18N2O2S. The van der Waals surface area contributed by atoms with Crippen LogP contribution in [0, 0.1) is 6.92 Å². The minimum Gasteiger partial charge on any atom is -0.504 e. The molecule has 0 unspecified atom stereocenters. The molecule has 1 atom stereocenters. The minimum absolute atomic E-state index is 0.00145. The highest BCUT2D eigenvalue weighted by atomic mass is 32.1. The molecule has 0 fully saturated rings. The molecule has 3 aromatic rings. The lowest BCUT2D eigenvalue weighted by atomic mass is 9.76. The van der Waals surface area contributed by atoms with Crippen molar-refractivity contribution in [1.29, 1.82) is 0 Å². The Morgan fingerprint density at radius 1 is 1.29 bits per heavy atom. The molecule has 122 valence electrons. The van der Waals surface area contributed by atoms with Crippen molar-refractivity contribution in [2.24, 2.45) is 0 Å². The summed E-state index contributed by atoms with van der Waals surface area (Å²) in [5, 5.41) is 21.7. The summed E-state index contributed by atoms with van der Waals surface area (Å²) >= 11 is 1.58. The van der Waals surface area contributed by atoms with Crippen LogP contribution in [-0.4, -0.2) is 33.1 Å². The number of rotatable bonds is 0. The lowest BCUT2D eigenvalue weighted by molar-refractivity contribution is 0.229. The van der Waals surface area contributed by atoms with E-state index in [4.69, 9.17) is 0 Å². The van der Waals surface area contributed by atoms with Gasteiger partial charge in [0, 0.05) is 23.5 Å². The van der Waals surface area contributed by atoms with Gasteiger partial charge in [-0.3, -0.25) is 4.90 Å². The van der Waals surface area contributed by atoms with Gasteiger partial charge in [0.2, 0.25) is 0 Å². The highest BCUT2D eigenvalue weighted by molar-refractivity contribution is 7.13. The summed E-state index contributed by atoms with van der Waals surface area (Å²) < 4.78 is 5.84. The molecule has 0 saturated carbocycles. The molecule has 4 nitrogen and oxygen atoms in total. The van der Waals surface area contributed by atoms with E-state index >= 15 is 0 Å². The molecule has 1 aliphatic heterocycles. The largest absolute Gasteiger partial charge is 0.504 e. The average molecular weight is 338 g/mol. The quantitative estimate of drug-likeness (QED) is 0.613. The average Bonchev–Trinajstić information content (AvgIpc) is 2.94. The summed E-state index contributed by atoms with van der Waals surface area (Å²) in [5.74, 6) is -0.0491. The highest BCUT2D eigenvalue weighted by Crippen LogP contribution is 2.52. The van der Waals surface area contributed by atoms with Gasteiger partial charge < -0.3 is 10.2 Å². The second-order valence-electron chi connectivity index (χ2n) is 6.88. The van der Waals surface area contributed by atoms with Crippen LogP contribution in [0.1, 0.15) is 28.4 Å². The van der Waals surface area contributed by atoms with E-state index in [0.717, 1.165) is 41.8 Å². The molecule has 0 saturated heterocycles. The van der Waals surface area contributed by atoms with Crippen molar-refractivity contribution < 1.29 is 10.2 Å². The van der Waals surface area contributed by atoms with Crippen molar-refractivity contribution in [2.75, 3.05) is 13.6 Å². The summed E-state index contributed by atoms with van der Waals surface area (Å²) in [5.41, 5.74) is 6.69. The number of likely N-dealkylation sites (N-methyl/N-ethyl adjacent to an activating group) is 1. The number of phenolic OH excluding ortho intramolecular Hbond substituents is 2. The first-order valence-electron chi connectivity index (χ1n) is 8.22. The van der Waals surface area contributed by atoms with Crippen LogP contribution in [0.15, 0.2) is 18.2 Å². The number of hydrogen-bond donors (Lipinski definition) is 2. The number of fused-ring (bicyclic) bond motifs is 4. The van der Waals surface area contributed by atoms with Crippen molar-refractivity contribution >= 4 is 21.6 Å². The lowest BCUT2D eigenvalue weighted by Crippen LogP contribution is -2.35. The van der Waals surface area contributed by atoms with Gasteiger partial charge in [-0.2, -0.15) is 4.37 Å². The second kappa shape index (κ2) is 4.71. The number of nitrogens with zero attached hydrogens (tertiary/aromatic N) is 2. The maximum absolute atomic E-state index is 10.5. The minimum atomic E-state index is -0.0506. The molecule has 5 heteroatoms. The molecule has 5 rings (SSSR count). The Kier molecular flexibility index (Phi) is 2.80. The molecule has 24 heavy (non-hydrogen) atoms. The molecular weight excluding hydrogens is 320 g/mol. The molecule has 0 bridgehead atoms. The number of aromatic hydroxyl groups is 2. The zero-order valence-electron chi connectivity index (χ0n) is 13.6. The van der Waals surface area contributed by atoms with E-state index in [1.807, 2.05) is 13.0 Å². The van der Waals surface area contributed by atoms with Crippen LogP contribution in [0.5, 0.6) is 11.5 Å². The SMILES string of the molecule is Cc1nsc2c3c4c(cc12)-c1c(ccc(O)c1O)C[C@H]4N(C)CC3. The summed E-state index contributed by atoms with van der Waals surface area (Å²) in [4.78, 5) is 2.40. The van der Waals surface area contributed by atoms with Crippen molar-refractivity contribution in [3.8, 4) is 22.6 Å². The van der Waals surface area contributed by atoms with Gasteiger partial charge in [-0.25, -0.2) is 0 Å². The predicted molar refractivity (Wildman–Crippen MR) is 95.9 cm³/mol. The molecule has 2 heterocycles. The van der Waals surface area contributed by atoms with E-state index in [9.17, 15) is 10.2 Å². The molecule has 0 radical (unpaired) electrons. The number of hydrogen-bond acceptors (Lipinski definition) is 5. The van der Waals surface area contributed by atoms with Crippen LogP contribution in [0.25, 0.3) is 21.2 Å². The Hall–Kier alpha value is -2.11. The molecule has 2 N–H and O–H groups in total. The summed E-state index contributed by atoms with van der Waals surface area (Å²) in [7, 11) is 2.17. The standard InChI is InChI=1S/C19H18N2O2S/c1-9-12-8-13-16-10(3-4-15(22)18(16)23)7-14-17(13)11(5-6-21(14)2)19(12)24-20-9/h3-4,8,14,22-23H,5-7H2,1-2H3/t14-/m1/s1. The first kappa shape index (κ1) is 14.3. The first-order valence-corrected chi connectivity index (χ1v) is 8.99. The Bertz CT molecular complexity index is 1010. The van der Waals surface area contributed by atoms with E-state index in [1.54, 1.807) is 17.6 Å². The maximum Gasteiger partial charge on any atom is 0.165 e. The summed E-state index contributed by atoms with van der Waals surface area (Å²) in [6.45, 7) is 3.07. The molecule has 1 aromatic heterocycles. The molecule has 0 spiro atoms. The molecule has 0 amide bonds. The van der Waals surface area contributed by atoms with Crippen molar-refractivity contribution in [3.05, 3.63) is 40.6 Å². The van der Waals surface area contributed by atoms with E-state index in [1.165, 1.54) is 21.2 Å².